The number of aromatic nitrogens is 2. The van der Waals surface area contributed by atoms with E-state index in [9.17, 15) is 18.0 Å². The molecule has 1 aromatic heterocycles. The van der Waals surface area contributed by atoms with Gasteiger partial charge in [-0.2, -0.15) is 13.2 Å². The first-order valence-corrected chi connectivity index (χ1v) is 6.18. The molecule has 1 aromatic carbocycles. The number of carboxylic acid groups (broad SMARTS) is 1. The first-order valence-electron chi connectivity index (χ1n) is 5.39. The molecule has 0 aliphatic rings. The molecule has 0 fully saturated rings. The van der Waals surface area contributed by atoms with Gasteiger partial charge in [0.15, 0.2) is 0 Å². The fourth-order valence-corrected chi connectivity index (χ4v) is 1.91. The van der Waals surface area contributed by atoms with Gasteiger partial charge in [0, 0.05) is 22.2 Å². The van der Waals surface area contributed by atoms with E-state index in [1.807, 2.05) is 0 Å². The predicted octanol–water partition coefficient (Wildman–Crippen LogP) is 3.62. The minimum atomic E-state index is -4.53. The lowest BCUT2D eigenvalue weighted by Gasteiger charge is -2.09. The molecule has 0 saturated heterocycles. The van der Waals surface area contributed by atoms with Gasteiger partial charge in [0.05, 0.1) is 5.56 Å². The molecule has 2 rings (SSSR count). The minimum absolute atomic E-state index is 0.0769. The van der Waals surface area contributed by atoms with Crippen molar-refractivity contribution >= 4 is 28.0 Å². The summed E-state index contributed by atoms with van der Waals surface area (Å²) in [5.74, 6) is -1.47. The van der Waals surface area contributed by atoms with Crippen LogP contribution in [-0.2, 0) is 11.0 Å². The van der Waals surface area contributed by atoms with Crippen LogP contribution in [0.1, 0.15) is 11.5 Å². The topological polar surface area (TPSA) is 76.2 Å². The van der Waals surface area contributed by atoms with Crippen molar-refractivity contribution in [3.8, 4) is 11.5 Å². The molecule has 5 nitrogen and oxygen atoms in total. The highest BCUT2D eigenvalue weighted by Gasteiger charge is 2.33. The summed E-state index contributed by atoms with van der Waals surface area (Å²) in [6.07, 6.45) is -2.71. The molecular formula is C12H6BrF3N2O3. The largest absolute Gasteiger partial charge is 0.478 e. The first kappa shape index (κ1) is 15.2. The number of hydrogen-bond acceptors (Lipinski definition) is 4. The van der Waals surface area contributed by atoms with E-state index in [0.29, 0.717) is 0 Å². The van der Waals surface area contributed by atoms with Crippen molar-refractivity contribution in [1.29, 1.82) is 0 Å². The Morgan fingerprint density at radius 3 is 2.67 bits per heavy atom. The van der Waals surface area contributed by atoms with Crippen molar-refractivity contribution in [3.05, 3.63) is 40.2 Å². The Bertz CT molecular complexity index is 710. The number of halogens is 4. The van der Waals surface area contributed by atoms with Crippen molar-refractivity contribution in [2.24, 2.45) is 0 Å². The van der Waals surface area contributed by atoms with E-state index in [0.717, 1.165) is 18.2 Å². The summed E-state index contributed by atoms with van der Waals surface area (Å²) in [4.78, 5) is 10.3. The zero-order chi connectivity index (χ0) is 15.6. The standard InChI is InChI=1S/C12H6BrF3N2O3/c13-8-2-1-6(5-7(8)12(14,15)16)11-18-17-9(21-11)3-4-10(19)20/h1-5H,(H,19,20)/b4-3+. The van der Waals surface area contributed by atoms with Gasteiger partial charge in [-0.25, -0.2) is 4.79 Å². The van der Waals surface area contributed by atoms with Crippen LogP contribution in [0, 0.1) is 0 Å². The van der Waals surface area contributed by atoms with Gasteiger partial charge < -0.3 is 9.52 Å². The van der Waals surface area contributed by atoms with E-state index >= 15 is 0 Å². The number of nitrogens with zero attached hydrogens (tertiary/aromatic N) is 2. The lowest BCUT2D eigenvalue weighted by Crippen LogP contribution is -2.06. The molecule has 0 spiro atoms. The fourth-order valence-electron chi connectivity index (χ4n) is 1.44. The first-order chi connectivity index (χ1) is 9.77. The maximum Gasteiger partial charge on any atom is 0.417 e. The van der Waals surface area contributed by atoms with Crippen LogP contribution in [0.5, 0.6) is 0 Å². The van der Waals surface area contributed by atoms with E-state index in [1.165, 1.54) is 12.1 Å². The van der Waals surface area contributed by atoms with Crippen LogP contribution >= 0.6 is 15.9 Å². The van der Waals surface area contributed by atoms with Crippen LogP contribution in [0.3, 0.4) is 0 Å². The normalized spacial score (nSPS) is 12.0. The van der Waals surface area contributed by atoms with E-state index in [2.05, 4.69) is 26.1 Å². The van der Waals surface area contributed by atoms with Crippen LogP contribution < -0.4 is 0 Å². The monoisotopic (exact) mass is 362 g/mol. The number of hydrogen-bond donors (Lipinski definition) is 1. The second-order valence-corrected chi connectivity index (χ2v) is 4.66. The van der Waals surface area contributed by atoms with E-state index in [-0.39, 0.29) is 21.8 Å². The molecule has 0 bridgehead atoms. The van der Waals surface area contributed by atoms with Gasteiger partial charge in [0.25, 0.3) is 0 Å². The summed E-state index contributed by atoms with van der Waals surface area (Å²) in [6, 6.07) is 3.45. The van der Waals surface area contributed by atoms with E-state index in [1.54, 1.807) is 0 Å². The lowest BCUT2D eigenvalue weighted by molar-refractivity contribution is -0.138. The highest BCUT2D eigenvalue weighted by molar-refractivity contribution is 9.10. The van der Waals surface area contributed by atoms with Crippen LogP contribution in [-0.4, -0.2) is 21.3 Å². The molecule has 0 radical (unpaired) electrons. The summed E-state index contributed by atoms with van der Waals surface area (Å²) in [6.45, 7) is 0. The van der Waals surface area contributed by atoms with Gasteiger partial charge in [-0.15, -0.1) is 10.2 Å². The molecule has 0 unspecified atom stereocenters. The fraction of sp³-hybridized carbons (Fsp3) is 0.0833. The van der Waals surface area contributed by atoms with E-state index in [4.69, 9.17) is 9.52 Å². The van der Waals surface area contributed by atoms with Crippen molar-refractivity contribution < 1.29 is 27.5 Å². The zero-order valence-corrected chi connectivity index (χ0v) is 11.6. The number of carbonyl (C=O) groups is 1. The molecular weight excluding hydrogens is 357 g/mol. The predicted molar refractivity (Wildman–Crippen MR) is 69.1 cm³/mol. The van der Waals surface area contributed by atoms with Gasteiger partial charge in [0.1, 0.15) is 0 Å². The Hall–Kier alpha value is -2.16. The second-order valence-electron chi connectivity index (χ2n) is 3.81. The van der Waals surface area contributed by atoms with Crippen molar-refractivity contribution in [2.75, 3.05) is 0 Å². The summed E-state index contributed by atoms with van der Waals surface area (Å²) in [7, 11) is 0. The second kappa shape index (κ2) is 5.68. The summed E-state index contributed by atoms with van der Waals surface area (Å²) in [5, 5.41) is 15.5. The Balaban J connectivity index is 2.37. The van der Waals surface area contributed by atoms with Crippen LogP contribution in [0.2, 0.25) is 0 Å². The zero-order valence-electron chi connectivity index (χ0n) is 10.1. The molecule has 1 heterocycles. The molecule has 21 heavy (non-hydrogen) atoms. The SMILES string of the molecule is O=C(O)/C=C/c1nnc(-c2ccc(Br)c(C(F)(F)F)c2)o1. The Morgan fingerprint density at radius 1 is 1.33 bits per heavy atom. The molecule has 2 aromatic rings. The van der Waals surface area contributed by atoms with Gasteiger partial charge in [0.2, 0.25) is 11.8 Å². The number of aliphatic carboxylic acids is 1. The van der Waals surface area contributed by atoms with Crippen molar-refractivity contribution in [3.63, 3.8) is 0 Å². The maximum absolute atomic E-state index is 12.8. The number of rotatable bonds is 3. The average molecular weight is 363 g/mol. The van der Waals surface area contributed by atoms with Gasteiger partial charge in [-0.05, 0) is 18.2 Å². The number of carboxylic acids is 1. The number of alkyl halides is 3. The highest BCUT2D eigenvalue weighted by Crippen LogP contribution is 2.37. The highest BCUT2D eigenvalue weighted by atomic mass is 79.9. The quantitative estimate of drug-likeness (QED) is 0.844. The molecule has 0 atom stereocenters. The smallest absolute Gasteiger partial charge is 0.417 e. The summed E-state index contributed by atoms with van der Waals surface area (Å²) in [5.41, 5.74) is -0.797. The maximum atomic E-state index is 12.8. The Labute approximate surface area is 124 Å². The Morgan fingerprint density at radius 2 is 2.05 bits per heavy atom. The molecule has 9 heteroatoms. The van der Waals surface area contributed by atoms with Crippen LogP contribution in [0.4, 0.5) is 13.2 Å². The molecule has 1 N–H and O–H groups in total. The van der Waals surface area contributed by atoms with Gasteiger partial charge in [-0.3, -0.25) is 0 Å². The summed E-state index contributed by atoms with van der Waals surface area (Å²) >= 11 is 2.82. The molecule has 0 amide bonds. The molecule has 0 aliphatic carbocycles. The van der Waals surface area contributed by atoms with Crippen molar-refractivity contribution in [1.82, 2.24) is 10.2 Å². The van der Waals surface area contributed by atoms with Crippen molar-refractivity contribution in [2.45, 2.75) is 6.18 Å². The molecule has 110 valence electrons. The third kappa shape index (κ3) is 3.69. The minimum Gasteiger partial charge on any atom is -0.478 e. The summed E-state index contributed by atoms with van der Waals surface area (Å²) < 4.78 is 43.3. The van der Waals surface area contributed by atoms with Gasteiger partial charge in [-0.1, -0.05) is 15.9 Å². The third-order valence-corrected chi connectivity index (χ3v) is 3.02. The molecule has 0 aliphatic heterocycles. The third-order valence-electron chi connectivity index (χ3n) is 2.33. The molecule has 0 saturated carbocycles. The van der Waals surface area contributed by atoms with Crippen LogP contribution in [0.25, 0.3) is 17.5 Å². The lowest BCUT2D eigenvalue weighted by atomic mass is 10.1. The Kier molecular flexibility index (Phi) is 4.12. The van der Waals surface area contributed by atoms with Gasteiger partial charge >= 0.3 is 12.1 Å². The van der Waals surface area contributed by atoms with Crippen LogP contribution in [0.15, 0.2) is 33.2 Å². The number of benzene rings is 1. The van der Waals surface area contributed by atoms with E-state index < -0.39 is 17.7 Å². The average Bonchev–Trinajstić information content (AvgIpc) is 2.84.